The zero-order valence-electron chi connectivity index (χ0n) is 84.7. The molecule has 0 spiro atoms. The highest BCUT2D eigenvalue weighted by Crippen LogP contribution is 2.36. The maximum absolute atomic E-state index is 12.9. The number of rotatable bonds is 23. The quantitative estimate of drug-likeness (QED) is 0.0340. The fourth-order valence-electron chi connectivity index (χ4n) is 23.3. The first kappa shape index (κ1) is 105. The minimum atomic E-state index is -0.360. The molecule has 8 aromatic rings. The summed E-state index contributed by atoms with van der Waals surface area (Å²) in [5.74, 6) is 5.59. The molecule has 22 nitrogen and oxygen atoms in total. The smallest absolute Gasteiger partial charge is 0.269 e. The van der Waals surface area contributed by atoms with Crippen molar-refractivity contribution in [3.05, 3.63) is 266 Å². The van der Waals surface area contributed by atoms with Gasteiger partial charge in [0, 0.05) is 298 Å². The lowest BCUT2D eigenvalue weighted by Gasteiger charge is -2.38. The zero-order chi connectivity index (χ0) is 97.4. The average Bonchev–Trinajstić information content (AvgIpc) is 1.86. The molecule has 0 radical (unpaired) electrons. The van der Waals surface area contributed by atoms with Crippen LogP contribution in [0, 0.1) is 74.7 Å². The van der Waals surface area contributed by atoms with Gasteiger partial charge in [-0.3, -0.25) is 54.5 Å². The van der Waals surface area contributed by atoms with Gasteiger partial charge in [0.1, 0.15) is 5.82 Å². The molecule has 0 amide bonds. The Morgan fingerprint density at radius 1 is 0.255 bits per heavy atom. The molecule has 8 aromatic carbocycles. The lowest BCUT2D eigenvalue weighted by molar-refractivity contribution is -0.385. The van der Waals surface area contributed by atoms with E-state index < -0.39 is 0 Å². The highest BCUT2D eigenvalue weighted by molar-refractivity contribution is 6.30. The molecule has 0 atom stereocenters. The predicted molar refractivity (Wildman–Crippen MR) is 583 cm³/mol. The number of para-hydroxylation sites is 1. The summed E-state index contributed by atoms with van der Waals surface area (Å²) in [5, 5.41) is 22.1. The second-order valence-electron chi connectivity index (χ2n) is 42.2. The molecule has 0 bridgehead atoms. The first-order valence-electron chi connectivity index (χ1n) is 54.5. The van der Waals surface area contributed by atoms with Gasteiger partial charge in [0.2, 0.25) is 0 Å². The van der Waals surface area contributed by atoms with Crippen LogP contribution in [0.5, 0.6) is 0 Å². The number of piperazine rings is 7. The van der Waals surface area contributed by atoms with Crippen molar-refractivity contribution in [2.24, 2.45) is 35.5 Å². The van der Waals surface area contributed by atoms with Crippen LogP contribution in [0.15, 0.2) is 206 Å². The molecular formula is C117H162ClFN18O4. The van der Waals surface area contributed by atoms with E-state index in [2.05, 4.69) is 169 Å². The summed E-state index contributed by atoms with van der Waals surface area (Å²) in [6.45, 7) is 54.2. The normalized spacial score (nSPS) is 20.7. The van der Waals surface area contributed by atoms with Gasteiger partial charge in [0.25, 0.3) is 11.4 Å². The van der Waals surface area contributed by atoms with Crippen molar-refractivity contribution in [3.8, 4) is 0 Å². The molecule has 7 saturated heterocycles. The maximum Gasteiger partial charge on any atom is 0.269 e. The number of nitro groups is 2. The van der Waals surface area contributed by atoms with E-state index in [-0.39, 0.29) is 27.0 Å². The van der Waals surface area contributed by atoms with Gasteiger partial charge in [-0.05, 0) is 227 Å². The van der Waals surface area contributed by atoms with Crippen molar-refractivity contribution in [3.63, 3.8) is 0 Å². The van der Waals surface area contributed by atoms with Gasteiger partial charge in [-0.1, -0.05) is 174 Å². The van der Waals surface area contributed by atoms with Crippen LogP contribution < -0.4 is 34.3 Å². The molecule has 0 N–H and O–H groups in total. The van der Waals surface area contributed by atoms with Crippen LogP contribution in [0.4, 0.5) is 67.0 Å². The number of halogens is 2. The molecule has 758 valence electrons. The summed E-state index contributed by atoms with van der Waals surface area (Å²) in [7, 11) is 0. The molecule has 141 heavy (non-hydrogen) atoms. The second-order valence-corrected chi connectivity index (χ2v) is 42.6. The third-order valence-corrected chi connectivity index (χ3v) is 32.3. The van der Waals surface area contributed by atoms with E-state index in [4.69, 9.17) is 24.7 Å². The molecule has 13 aliphatic rings. The highest BCUT2D eigenvalue weighted by Gasteiger charge is 2.31. The molecule has 6 aliphatic carbocycles. The summed E-state index contributed by atoms with van der Waals surface area (Å²) < 4.78 is 12.9. The van der Waals surface area contributed by atoms with E-state index in [1.807, 2.05) is 78.9 Å². The number of nitro benzene ring substituents is 2. The highest BCUT2D eigenvalue weighted by atomic mass is 35.5. The van der Waals surface area contributed by atoms with Gasteiger partial charge in [-0.2, -0.15) is 0 Å². The van der Waals surface area contributed by atoms with Crippen LogP contribution in [0.2, 0.25) is 5.02 Å². The molecule has 0 aromatic heterocycles. The van der Waals surface area contributed by atoms with Crippen molar-refractivity contribution in [2.45, 2.75) is 173 Å². The van der Waals surface area contributed by atoms with E-state index in [1.54, 1.807) is 36.4 Å². The van der Waals surface area contributed by atoms with E-state index in [0.29, 0.717) is 0 Å². The molecule has 7 heterocycles. The van der Waals surface area contributed by atoms with Crippen LogP contribution in [0.3, 0.4) is 0 Å². The topological polar surface area (TPSA) is 140 Å². The molecule has 24 heteroatoms. The van der Waals surface area contributed by atoms with E-state index in [9.17, 15) is 24.6 Å². The Labute approximate surface area is 849 Å². The van der Waals surface area contributed by atoms with Crippen molar-refractivity contribution in [1.29, 1.82) is 0 Å². The fraction of sp³-hybridized carbons (Fsp3) is 0.573. The fourth-order valence-corrected chi connectivity index (χ4v) is 23.4. The van der Waals surface area contributed by atoms with Gasteiger partial charge in [-0.15, -0.1) is 0 Å². The lowest BCUT2D eigenvalue weighted by Crippen LogP contribution is -2.48. The Morgan fingerprint density at radius 3 is 0.702 bits per heavy atom. The first-order chi connectivity index (χ1) is 69.2. The van der Waals surface area contributed by atoms with Crippen LogP contribution in [0.25, 0.3) is 9.69 Å². The molecule has 21 rings (SSSR count). The van der Waals surface area contributed by atoms with Gasteiger partial charge in [0.15, 0.2) is 11.4 Å². The SMILES string of the molecule is Clc1ccc(N2CCN(CC3CCCCC3)CC2)cc1.Fc1ccc(N2CCN(CC3CCCCC3)CC2)cc1.O=[N+]([O-])c1ccc(N2CCN(CC3CC3)CC2)cc1.O=[N+]([O-])c1ccc(N2CCN(Cc3ccccc3)CC2)cc1.[C-]#[N+]c1ccc(N2CCN(CC3CCCC3)CC2)cc1.[C-]#[N+]c1ccc(N2CCN(CC3CCCCC3)CC2)cc1.c1ccc(N2CCN(CC3CCCCC3)CC2)cc1. The first-order valence-corrected chi connectivity index (χ1v) is 54.9. The van der Waals surface area contributed by atoms with Gasteiger partial charge in [-0.25, -0.2) is 14.1 Å². The number of hydrogen-bond acceptors (Lipinski definition) is 18. The van der Waals surface area contributed by atoms with Gasteiger partial charge >= 0.3 is 0 Å². The zero-order valence-corrected chi connectivity index (χ0v) is 85.4. The van der Waals surface area contributed by atoms with Crippen LogP contribution in [-0.2, 0) is 6.54 Å². The number of nitrogens with zero attached hydrogens (tertiary/aromatic N) is 18. The molecular weight excluding hydrogens is 1780 g/mol. The summed E-state index contributed by atoms with van der Waals surface area (Å²) >= 11 is 5.96. The Balaban J connectivity index is 0.000000124. The van der Waals surface area contributed by atoms with E-state index in [1.165, 1.54) is 300 Å². The number of non-ortho nitro benzene ring substituents is 2. The summed E-state index contributed by atoms with van der Waals surface area (Å²) in [5.41, 5.74) is 11.6. The van der Waals surface area contributed by atoms with Crippen LogP contribution in [0.1, 0.15) is 173 Å². The minimum Gasteiger partial charge on any atom is -0.369 e. The standard InChI is InChI=1S/C18H25N3.C17H25ClN2.C17H25FN2.C17H19N3O2.C17H23N3.C17H26N2.C14H19N3O2/c1-19-17-7-9-18(10-8-17)21-13-11-20(12-14-21)15-16-5-3-2-4-6-16;2*18-16-6-8-17(9-7-16)20-12-10-19(11-13-20)14-15-4-2-1-3-5-15;21-20(22)17-8-6-16(7-9-17)19-12-10-18(11-13-19)14-15-4-2-1-3-5-15;1-18-16-6-8-17(9-7-16)20-12-10-19(11-13-20)14-15-4-2-3-5-15;1-3-7-16(8-4-1)15-18-11-13-19(14-12-18)17-9-5-2-6-10-17;18-17(19)14-5-3-13(4-6-14)16-9-7-15(8-10-16)11-12-1-2-12/h7-10,16H,2-6,11-15H2;2*6-9,15H,1-5,10-14H2;1-9H,10-14H2;6-9,15H,2-5,10-14H2;2,5-6,9-10,16H,1,3-4,7-8,11-15H2;3-6,12H,1-2,7-11H2. The Kier molecular flexibility index (Phi) is 42.6. The van der Waals surface area contributed by atoms with Gasteiger partial charge in [0.05, 0.1) is 23.0 Å². The number of hydrogen-bond donors (Lipinski definition) is 0. The molecule has 7 aliphatic heterocycles. The largest absolute Gasteiger partial charge is 0.369 e. The minimum absolute atomic E-state index is 0.145. The van der Waals surface area contributed by atoms with Crippen LogP contribution in [-0.4, -0.2) is 267 Å². The van der Waals surface area contributed by atoms with Crippen molar-refractivity contribution < 1.29 is 14.2 Å². The Hall–Kier alpha value is -9.92. The van der Waals surface area contributed by atoms with Crippen molar-refractivity contribution in [1.82, 2.24) is 34.3 Å². The van der Waals surface area contributed by atoms with E-state index in [0.717, 1.165) is 193 Å². The third kappa shape index (κ3) is 35.2. The Bertz CT molecular complexity index is 4850. The molecule has 0 unspecified atom stereocenters. The molecule has 6 saturated carbocycles. The van der Waals surface area contributed by atoms with Crippen LogP contribution >= 0.6 is 11.6 Å². The number of anilines is 7. The van der Waals surface area contributed by atoms with Crippen molar-refractivity contribution in [2.75, 3.05) is 257 Å². The average molecular weight is 1940 g/mol. The monoisotopic (exact) mass is 1940 g/mol. The summed E-state index contributed by atoms with van der Waals surface area (Å²) in [6, 6.07) is 66.3. The Morgan fingerprint density at radius 2 is 0.461 bits per heavy atom. The summed E-state index contributed by atoms with van der Waals surface area (Å²) in [4.78, 5) is 62.6. The third-order valence-electron chi connectivity index (χ3n) is 32.1. The lowest BCUT2D eigenvalue weighted by atomic mass is 9.89. The van der Waals surface area contributed by atoms with Crippen molar-refractivity contribution >= 4 is 74.2 Å². The van der Waals surface area contributed by atoms with Gasteiger partial charge < -0.3 is 34.3 Å². The second kappa shape index (κ2) is 57.0. The predicted octanol–water partition coefficient (Wildman–Crippen LogP) is 23.5. The maximum atomic E-state index is 12.9. The number of benzene rings is 8. The van der Waals surface area contributed by atoms with E-state index >= 15 is 0 Å². The summed E-state index contributed by atoms with van der Waals surface area (Å²) in [6.07, 6.45) is 37.6. The molecule has 13 fully saturated rings.